The van der Waals surface area contributed by atoms with Crippen LogP contribution >= 0.6 is 0 Å². The molecule has 3 heteroatoms. The molecule has 1 aromatic carbocycles. The molecule has 18 heavy (non-hydrogen) atoms. The van der Waals surface area contributed by atoms with Gasteiger partial charge >= 0.3 is 0 Å². The van der Waals surface area contributed by atoms with Gasteiger partial charge in [0.05, 0.1) is 12.7 Å². The van der Waals surface area contributed by atoms with E-state index in [1.807, 2.05) is 0 Å². The number of benzene rings is 1. The van der Waals surface area contributed by atoms with Crippen molar-refractivity contribution in [1.82, 2.24) is 5.32 Å². The quantitative estimate of drug-likeness (QED) is 0.836. The van der Waals surface area contributed by atoms with Gasteiger partial charge in [-0.25, -0.2) is 0 Å². The number of unbranched alkanes of at least 4 members (excludes halogenated alkanes) is 1. The zero-order chi connectivity index (χ0) is 12.6. The molecule has 0 aromatic heterocycles. The number of nitrogens with zero attached hydrogens (tertiary/aromatic N) is 1. The normalized spacial score (nSPS) is 19.7. The summed E-state index contributed by atoms with van der Waals surface area (Å²) in [6, 6.07) is 10.7. The molecule has 1 unspecified atom stereocenters. The van der Waals surface area contributed by atoms with E-state index in [4.69, 9.17) is 4.74 Å². The van der Waals surface area contributed by atoms with Crippen molar-refractivity contribution in [3.63, 3.8) is 0 Å². The molecular formula is C15H24N2O. The minimum Gasteiger partial charge on any atom is -0.374 e. The Morgan fingerprint density at radius 1 is 1.33 bits per heavy atom. The minimum atomic E-state index is 0.316. The second-order valence-corrected chi connectivity index (χ2v) is 4.83. The SMILES string of the molecule is CCCCN(CC1CNCCO1)c1ccccc1. The number of anilines is 1. The molecule has 2 rings (SSSR count). The van der Waals surface area contributed by atoms with Crippen molar-refractivity contribution in [3.8, 4) is 0 Å². The molecule has 0 aliphatic carbocycles. The largest absolute Gasteiger partial charge is 0.374 e. The van der Waals surface area contributed by atoms with Crippen LogP contribution in [0.4, 0.5) is 5.69 Å². The first-order chi connectivity index (χ1) is 8.90. The van der Waals surface area contributed by atoms with Crippen LogP contribution in [-0.4, -0.2) is 38.9 Å². The van der Waals surface area contributed by atoms with Crippen LogP contribution in [0.15, 0.2) is 30.3 Å². The molecule has 0 radical (unpaired) electrons. The Kier molecular flexibility index (Phi) is 5.49. The highest BCUT2D eigenvalue weighted by atomic mass is 16.5. The van der Waals surface area contributed by atoms with Crippen LogP contribution < -0.4 is 10.2 Å². The summed E-state index contributed by atoms with van der Waals surface area (Å²) in [5.41, 5.74) is 1.31. The number of hydrogen-bond acceptors (Lipinski definition) is 3. The van der Waals surface area contributed by atoms with Gasteiger partial charge in [-0.05, 0) is 18.6 Å². The van der Waals surface area contributed by atoms with E-state index in [2.05, 4.69) is 47.5 Å². The third kappa shape index (κ3) is 4.00. The molecule has 1 fully saturated rings. The molecule has 1 saturated heterocycles. The summed E-state index contributed by atoms with van der Waals surface area (Å²) in [5, 5.41) is 3.40. The minimum absolute atomic E-state index is 0.316. The Bertz CT molecular complexity index is 323. The van der Waals surface area contributed by atoms with Gasteiger partial charge in [-0.1, -0.05) is 31.5 Å². The van der Waals surface area contributed by atoms with Crippen LogP contribution in [0.1, 0.15) is 19.8 Å². The summed E-state index contributed by atoms with van der Waals surface area (Å²) >= 11 is 0. The molecule has 0 spiro atoms. The second kappa shape index (κ2) is 7.39. The average molecular weight is 248 g/mol. The number of hydrogen-bond donors (Lipinski definition) is 1. The van der Waals surface area contributed by atoms with Gasteiger partial charge in [0.1, 0.15) is 0 Å². The van der Waals surface area contributed by atoms with E-state index in [0.717, 1.165) is 32.8 Å². The fourth-order valence-corrected chi connectivity index (χ4v) is 2.30. The van der Waals surface area contributed by atoms with Crippen molar-refractivity contribution >= 4 is 5.69 Å². The van der Waals surface area contributed by atoms with Crippen LogP contribution in [0.5, 0.6) is 0 Å². The fourth-order valence-electron chi connectivity index (χ4n) is 2.30. The van der Waals surface area contributed by atoms with Crippen LogP contribution in [0.25, 0.3) is 0 Å². The molecule has 1 N–H and O–H groups in total. The summed E-state index contributed by atoms with van der Waals surface area (Å²) in [4.78, 5) is 2.45. The van der Waals surface area contributed by atoms with Gasteiger partial charge in [0, 0.05) is 31.9 Å². The highest BCUT2D eigenvalue weighted by Crippen LogP contribution is 2.15. The maximum atomic E-state index is 5.81. The Morgan fingerprint density at radius 3 is 2.83 bits per heavy atom. The van der Waals surface area contributed by atoms with Crippen molar-refractivity contribution in [1.29, 1.82) is 0 Å². The van der Waals surface area contributed by atoms with Crippen molar-refractivity contribution in [2.45, 2.75) is 25.9 Å². The number of nitrogens with one attached hydrogen (secondary N) is 1. The third-order valence-electron chi connectivity index (χ3n) is 3.33. The molecule has 0 bridgehead atoms. The van der Waals surface area contributed by atoms with Crippen molar-refractivity contribution in [2.75, 3.05) is 37.7 Å². The first-order valence-electron chi connectivity index (χ1n) is 7.02. The number of rotatable bonds is 6. The average Bonchev–Trinajstić information content (AvgIpc) is 2.45. The van der Waals surface area contributed by atoms with E-state index in [9.17, 15) is 0 Å². The van der Waals surface area contributed by atoms with Gasteiger partial charge in [-0.3, -0.25) is 0 Å². The van der Waals surface area contributed by atoms with E-state index < -0.39 is 0 Å². The van der Waals surface area contributed by atoms with E-state index in [1.165, 1.54) is 18.5 Å². The van der Waals surface area contributed by atoms with E-state index in [-0.39, 0.29) is 0 Å². The zero-order valence-electron chi connectivity index (χ0n) is 11.3. The molecule has 1 atom stereocenters. The highest BCUT2D eigenvalue weighted by Gasteiger charge is 2.17. The first-order valence-corrected chi connectivity index (χ1v) is 7.02. The maximum absolute atomic E-state index is 5.81. The van der Waals surface area contributed by atoms with Gasteiger partial charge < -0.3 is 15.0 Å². The standard InChI is InChI=1S/C15H24N2O/c1-2-3-10-17(14-7-5-4-6-8-14)13-15-12-16-9-11-18-15/h4-8,15-16H,2-3,9-13H2,1H3. The van der Waals surface area contributed by atoms with Crippen LogP contribution in [0.3, 0.4) is 0 Å². The van der Waals surface area contributed by atoms with E-state index >= 15 is 0 Å². The second-order valence-electron chi connectivity index (χ2n) is 4.83. The fraction of sp³-hybridized carbons (Fsp3) is 0.600. The Balaban J connectivity index is 1.95. The van der Waals surface area contributed by atoms with Crippen LogP contribution in [0.2, 0.25) is 0 Å². The lowest BCUT2D eigenvalue weighted by Gasteiger charge is -2.31. The van der Waals surface area contributed by atoms with E-state index in [0.29, 0.717) is 6.10 Å². The molecule has 0 amide bonds. The summed E-state index contributed by atoms with van der Waals surface area (Å²) < 4.78 is 5.81. The topological polar surface area (TPSA) is 24.5 Å². The molecule has 1 heterocycles. The van der Waals surface area contributed by atoms with Crippen LogP contribution in [-0.2, 0) is 4.74 Å². The summed E-state index contributed by atoms with van der Waals surface area (Å²) in [5.74, 6) is 0. The van der Waals surface area contributed by atoms with Gasteiger partial charge in [0.25, 0.3) is 0 Å². The predicted octanol–water partition coefficient (Wildman–Crippen LogP) is 2.28. The number of ether oxygens (including phenoxy) is 1. The molecule has 0 saturated carbocycles. The van der Waals surface area contributed by atoms with Gasteiger partial charge in [-0.2, -0.15) is 0 Å². The first kappa shape index (κ1) is 13.4. The molecular weight excluding hydrogens is 224 g/mol. The summed E-state index contributed by atoms with van der Waals surface area (Å²) in [6.45, 7) is 7.12. The Labute approximate surface area is 110 Å². The zero-order valence-corrected chi connectivity index (χ0v) is 11.3. The highest BCUT2D eigenvalue weighted by molar-refractivity contribution is 5.46. The molecule has 1 aliphatic heterocycles. The van der Waals surface area contributed by atoms with Crippen molar-refractivity contribution in [2.24, 2.45) is 0 Å². The summed E-state index contributed by atoms with van der Waals surface area (Å²) in [6.07, 6.45) is 2.78. The number of para-hydroxylation sites is 1. The molecule has 100 valence electrons. The van der Waals surface area contributed by atoms with Crippen molar-refractivity contribution in [3.05, 3.63) is 30.3 Å². The lowest BCUT2D eigenvalue weighted by Crippen LogP contribution is -2.45. The lowest BCUT2D eigenvalue weighted by atomic mass is 10.2. The lowest BCUT2D eigenvalue weighted by molar-refractivity contribution is 0.0333. The maximum Gasteiger partial charge on any atom is 0.0874 e. The monoisotopic (exact) mass is 248 g/mol. The van der Waals surface area contributed by atoms with Crippen molar-refractivity contribution < 1.29 is 4.74 Å². The smallest absolute Gasteiger partial charge is 0.0874 e. The van der Waals surface area contributed by atoms with Gasteiger partial charge in [0.15, 0.2) is 0 Å². The van der Waals surface area contributed by atoms with Gasteiger partial charge in [-0.15, -0.1) is 0 Å². The van der Waals surface area contributed by atoms with Crippen LogP contribution in [0, 0.1) is 0 Å². The molecule has 1 aromatic rings. The third-order valence-corrected chi connectivity index (χ3v) is 3.33. The Morgan fingerprint density at radius 2 is 2.17 bits per heavy atom. The molecule has 3 nitrogen and oxygen atoms in total. The predicted molar refractivity (Wildman–Crippen MR) is 76.2 cm³/mol. The number of morpholine rings is 1. The van der Waals surface area contributed by atoms with Gasteiger partial charge in [0.2, 0.25) is 0 Å². The molecule has 1 aliphatic rings. The summed E-state index contributed by atoms with van der Waals surface area (Å²) in [7, 11) is 0. The van der Waals surface area contributed by atoms with E-state index in [1.54, 1.807) is 0 Å². The Hall–Kier alpha value is -1.06.